The third-order valence-corrected chi connectivity index (χ3v) is 3.61. The Balaban J connectivity index is 1.62. The summed E-state index contributed by atoms with van der Waals surface area (Å²) in [5, 5.41) is 14.2. The zero-order valence-corrected chi connectivity index (χ0v) is 12.2. The number of nitrogens with one attached hydrogen (secondary N) is 2. The van der Waals surface area contributed by atoms with Gasteiger partial charge in [0, 0.05) is 18.0 Å². The lowest BCUT2D eigenvalue weighted by atomic mass is 10.2. The molecule has 0 saturated heterocycles. The predicted molar refractivity (Wildman–Crippen MR) is 83.0 cm³/mol. The fraction of sp³-hybridized carbons (Fsp3) is 0.200. The van der Waals surface area contributed by atoms with Crippen molar-refractivity contribution in [2.24, 2.45) is 0 Å². The molecule has 5 nitrogen and oxygen atoms in total. The summed E-state index contributed by atoms with van der Waals surface area (Å²) in [4.78, 5) is 11.6. The second kappa shape index (κ2) is 8.02. The van der Waals surface area contributed by atoms with Crippen molar-refractivity contribution in [1.29, 1.82) is 5.26 Å². The van der Waals surface area contributed by atoms with E-state index in [9.17, 15) is 4.79 Å². The first-order valence-electron chi connectivity index (χ1n) is 6.43. The van der Waals surface area contributed by atoms with Crippen molar-refractivity contribution < 1.29 is 9.21 Å². The number of nitriles is 1. The van der Waals surface area contributed by atoms with Crippen molar-refractivity contribution in [2.45, 2.75) is 5.75 Å². The molecule has 1 aromatic carbocycles. The molecule has 21 heavy (non-hydrogen) atoms. The van der Waals surface area contributed by atoms with E-state index in [1.165, 1.54) is 0 Å². The number of anilines is 1. The molecule has 0 bridgehead atoms. The van der Waals surface area contributed by atoms with Crippen LogP contribution >= 0.6 is 11.8 Å². The van der Waals surface area contributed by atoms with Gasteiger partial charge in [-0.15, -0.1) is 0 Å². The lowest BCUT2D eigenvalue weighted by Crippen LogP contribution is -2.30. The van der Waals surface area contributed by atoms with Crippen LogP contribution in [0.15, 0.2) is 47.1 Å². The van der Waals surface area contributed by atoms with E-state index in [1.54, 1.807) is 42.3 Å². The van der Waals surface area contributed by atoms with Gasteiger partial charge in [-0.3, -0.25) is 0 Å². The molecule has 0 aliphatic rings. The van der Waals surface area contributed by atoms with E-state index in [2.05, 4.69) is 10.6 Å². The third kappa shape index (κ3) is 5.24. The van der Waals surface area contributed by atoms with Crippen LogP contribution in [0.3, 0.4) is 0 Å². The SMILES string of the molecule is N#Cc1ccc(NC(=O)NCCSCc2ccco2)cc1. The minimum atomic E-state index is -0.252. The Labute approximate surface area is 127 Å². The summed E-state index contributed by atoms with van der Waals surface area (Å²) in [5.74, 6) is 2.54. The fourth-order valence-corrected chi connectivity index (χ4v) is 2.36. The van der Waals surface area contributed by atoms with Gasteiger partial charge in [0.05, 0.1) is 23.6 Å². The summed E-state index contributed by atoms with van der Waals surface area (Å²) in [6.07, 6.45) is 1.65. The Morgan fingerprint density at radius 1 is 1.29 bits per heavy atom. The predicted octanol–water partition coefficient (Wildman–Crippen LogP) is 3.21. The van der Waals surface area contributed by atoms with E-state index in [0.29, 0.717) is 17.8 Å². The molecular weight excluding hydrogens is 286 g/mol. The zero-order valence-electron chi connectivity index (χ0n) is 11.3. The molecule has 0 unspecified atom stereocenters. The summed E-state index contributed by atoms with van der Waals surface area (Å²) >= 11 is 1.69. The quantitative estimate of drug-likeness (QED) is 0.803. The van der Waals surface area contributed by atoms with Crippen LogP contribution in [0.2, 0.25) is 0 Å². The number of benzene rings is 1. The minimum absolute atomic E-state index is 0.252. The first-order valence-corrected chi connectivity index (χ1v) is 7.58. The van der Waals surface area contributed by atoms with E-state index in [-0.39, 0.29) is 6.03 Å². The number of rotatable bonds is 6. The largest absolute Gasteiger partial charge is 0.468 e. The molecular formula is C15H15N3O2S. The molecule has 1 aromatic heterocycles. The molecule has 2 rings (SSSR count). The standard InChI is InChI=1S/C15H15N3O2S/c16-10-12-3-5-13(6-4-12)18-15(19)17-7-9-21-11-14-2-1-8-20-14/h1-6,8H,7,9,11H2,(H2,17,18,19). The Hall–Kier alpha value is -2.39. The maximum atomic E-state index is 11.6. The minimum Gasteiger partial charge on any atom is -0.468 e. The zero-order chi connectivity index (χ0) is 14.9. The topological polar surface area (TPSA) is 78.1 Å². The van der Waals surface area contributed by atoms with Gasteiger partial charge in [-0.05, 0) is 36.4 Å². The van der Waals surface area contributed by atoms with Crippen LogP contribution in [0.1, 0.15) is 11.3 Å². The number of carbonyl (C=O) groups is 1. The summed E-state index contributed by atoms with van der Waals surface area (Å²) in [6.45, 7) is 0.577. The van der Waals surface area contributed by atoms with Gasteiger partial charge in [0.1, 0.15) is 5.76 Å². The van der Waals surface area contributed by atoms with Crippen LogP contribution < -0.4 is 10.6 Å². The molecule has 0 aliphatic carbocycles. The van der Waals surface area contributed by atoms with Crippen molar-refractivity contribution in [1.82, 2.24) is 5.32 Å². The molecule has 2 aromatic rings. The fourth-order valence-electron chi connectivity index (χ4n) is 1.61. The molecule has 0 saturated carbocycles. The number of amides is 2. The van der Waals surface area contributed by atoms with Crippen LogP contribution in [-0.4, -0.2) is 18.3 Å². The highest BCUT2D eigenvalue weighted by molar-refractivity contribution is 7.98. The summed E-state index contributed by atoms with van der Waals surface area (Å²) in [6, 6.07) is 12.3. The van der Waals surface area contributed by atoms with Crippen LogP contribution in [0, 0.1) is 11.3 Å². The third-order valence-electron chi connectivity index (χ3n) is 2.63. The maximum Gasteiger partial charge on any atom is 0.319 e. The first kappa shape index (κ1) is 15.0. The number of hydrogen-bond acceptors (Lipinski definition) is 4. The van der Waals surface area contributed by atoms with E-state index >= 15 is 0 Å². The van der Waals surface area contributed by atoms with E-state index in [1.807, 2.05) is 18.2 Å². The molecule has 0 spiro atoms. The Morgan fingerprint density at radius 2 is 2.10 bits per heavy atom. The molecule has 2 N–H and O–H groups in total. The van der Waals surface area contributed by atoms with Gasteiger partial charge in [0.15, 0.2) is 0 Å². The highest BCUT2D eigenvalue weighted by Gasteiger charge is 2.01. The molecule has 0 radical (unpaired) electrons. The number of hydrogen-bond donors (Lipinski definition) is 2. The summed E-state index contributed by atoms with van der Waals surface area (Å²) in [5.41, 5.74) is 1.23. The average Bonchev–Trinajstić information content (AvgIpc) is 3.01. The maximum absolute atomic E-state index is 11.6. The second-order valence-corrected chi connectivity index (χ2v) is 5.31. The van der Waals surface area contributed by atoms with Crippen molar-refractivity contribution >= 4 is 23.5 Å². The lowest BCUT2D eigenvalue weighted by Gasteiger charge is -2.07. The summed E-state index contributed by atoms with van der Waals surface area (Å²) in [7, 11) is 0. The van der Waals surface area contributed by atoms with E-state index in [0.717, 1.165) is 17.3 Å². The first-order chi connectivity index (χ1) is 10.3. The molecule has 108 valence electrons. The molecule has 6 heteroatoms. The molecule has 0 fully saturated rings. The van der Waals surface area contributed by atoms with Gasteiger partial charge in [-0.25, -0.2) is 4.79 Å². The average molecular weight is 301 g/mol. The number of furan rings is 1. The van der Waals surface area contributed by atoms with Gasteiger partial charge in [0.25, 0.3) is 0 Å². The summed E-state index contributed by atoms with van der Waals surface area (Å²) < 4.78 is 5.22. The second-order valence-electron chi connectivity index (χ2n) is 4.20. The highest BCUT2D eigenvalue weighted by atomic mass is 32.2. The number of carbonyl (C=O) groups excluding carboxylic acids is 1. The van der Waals surface area contributed by atoms with Gasteiger partial charge >= 0.3 is 6.03 Å². The van der Waals surface area contributed by atoms with Crippen molar-refractivity contribution in [3.05, 3.63) is 54.0 Å². The van der Waals surface area contributed by atoms with E-state index in [4.69, 9.17) is 9.68 Å². The number of thioether (sulfide) groups is 1. The normalized spacial score (nSPS) is 9.86. The number of urea groups is 1. The number of nitrogens with zero attached hydrogens (tertiary/aromatic N) is 1. The molecule has 0 aliphatic heterocycles. The smallest absolute Gasteiger partial charge is 0.319 e. The van der Waals surface area contributed by atoms with Gasteiger partial charge in [-0.2, -0.15) is 17.0 Å². The Morgan fingerprint density at radius 3 is 2.76 bits per heavy atom. The van der Waals surface area contributed by atoms with Crippen LogP contribution in [0.4, 0.5) is 10.5 Å². The van der Waals surface area contributed by atoms with Crippen LogP contribution in [0.5, 0.6) is 0 Å². The van der Waals surface area contributed by atoms with Crippen LogP contribution in [-0.2, 0) is 5.75 Å². The van der Waals surface area contributed by atoms with E-state index < -0.39 is 0 Å². The molecule has 2 amide bonds. The van der Waals surface area contributed by atoms with Crippen molar-refractivity contribution in [2.75, 3.05) is 17.6 Å². The van der Waals surface area contributed by atoms with Crippen molar-refractivity contribution in [3.8, 4) is 6.07 Å². The Bertz CT molecular complexity index is 603. The highest BCUT2D eigenvalue weighted by Crippen LogP contribution is 2.11. The van der Waals surface area contributed by atoms with Gasteiger partial charge in [0.2, 0.25) is 0 Å². The van der Waals surface area contributed by atoms with Crippen molar-refractivity contribution in [3.63, 3.8) is 0 Å². The Kier molecular flexibility index (Phi) is 5.73. The molecule has 0 atom stereocenters. The van der Waals surface area contributed by atoms with Gasteiger partial charge < -0.3 is 15.1 Å². The van der Waals surface area contributed by atoms with Crippen LogP contribution in [0.25, 0.3) is 0 Å². The lowest BCUT2D eigenvalue weighted by molar-refractivity contribution is 0.252. The molecule has 1 heterocycles. The monoisotopic (exact) mass is 301 g/mol. The van der Waals surface area contributed by atoms with Gasteiger partial charge in [-0.1, -0.05) is 0 Å².